The highest BCUT2D eigenvalue weighted by molar-refractivity contribution is 4.88. The van der Waals surface area contributed by atoms with E-state index in [-0.39, 0.29) is 6.61 Å². The number of nitrogens with zero attached hydrogens (tertiary/aromatic N) is 2. The van der Waals surface area contributed by atoms with Gasteiger partial charge in [0.15, 0.2) is 5.82 Å². The van der Waals surface area contributed by atoms with Crippen molar-refractivity contribution in [3.05, 3.63) is 11.7 Å². The zero-order chi connectivity index (χ0) is 13.4. The van der Waals surface area contributed by atoms with Gasteiger partial charge in [-0.15, -0.1) is 0 Å². The number of ether oxygens (including phenoxy) is 1. The molecule has 18 heavy (non-hydrogen) atoms. The van der Waals surface area contributed by atoms with Crippen LogP contribution in [-0.4, -0.2) is 41.0 Å². The maximum absolute atomic E-state index is 11.8. The standard InChI is InChI=1S/C11H18F2N2O3/c1-2-3-8(16)6-11-14-10(15-18-11)4-5-17-7-9(12)13/h8-9,16H,2-7H2,1H3. The number of hydrogen-bond acceptors (Lipinski definition) is 5. The second kappa shape index (κ2) is 8.10. The fourth-order valence-corrected chi connectivity index (χ4v) is 1.45. The minimum Gasteiger partial charge on any atom is -0.393 e. The smallest absolute Gasteiger partial charge is 0.261 e. The van der Waals surface area contributed by atoms with E-state index >= 15 is 0 Å². The number of aliphatic hydroxyl groups excluding tert-OH is 1. The van der Waals surface area contributed by atoms with Crippen molar-refractivity contribution in [1.29, 1.82) is 0 Å². The van der Waals surface area contributed by atoms with Crippen molar-refractivity contribution in [3.63, 3.8) is 0 Å². The van der Waals surface area contributed by atoms with E-state index in [0.29, 0.717) is 31.0 Å². The highest BCUT2D eigenvalue weighted by Gasteiger charge is 2.11. The molecule has 0 aliphatic heterocycles. The number of alkyl halides is 2. The Kier molecular flexibility index (Phi) is 6.74. The average molecular weight is 264 g/mol. The first-order chi connectivity index (χ1) is 8.61. The van der Waals surface area contributed by atoms with E-state index in [9.17, 15) is 13.9 Å². The van der Waals surface area contributed by atoms with Gasteiger partial charge in [0.1, 0.15) is 6.61 Å². The van der Waals surface area contributed by atoms with Gasteiger partial charge in [0.05, 0.1) is 19.1 Å². The summed E-state index contributed by atoms with van der Waals surface area (Å²) in [6, 6.07) is 0. The van der Waals surface area contributed by atoms with Gasteiger partial charge >= 0.3 is 0 Å². The molecule has 0 saturated carbocycles. The summed E-state index contributed by atoms with van der Waals surface area (Å²) < 4.78 is 33.2. The maximum Gasteiger partial charge on any atom is 0.261 e. The number of halogens is 2. The van der Waals surface area contributed by atoms with Gasteiger partial charge < -0.3 is 14.4 Å². The molecule has 1 N–H and O–H groups in total. The Morgan fingerprint density at radius 3 is 2.89 bits per heavy atom. The van der Waals surface area contributed by atoms with Crippen LogP contribution in [0.1, 0.15) is 31.5 Å². The van der Waals surface area contributed by atoms with Gasteiger partial charge in [-0.25, -0.2) is 8.78 Å². The summed E-state index contributed by atoms with van der Waals surface area (Å²) in [5, 5.41) is 13.2. The molecular formula is C11H18F2N2O3. The minimum absolute atomic E-state index is 0.126. The van der Waals surface area contributed by atoms with Crippen LogP contribution in [0.15, 0.2) is 4.52 Å². The Morgan fingerprint density at radius 2 is 2.22 bits per heavy atom. The molecule has 5 nitrogen and oxygen atoms in total. The van der Waals surface area contributed by atoms with Gasteiger partial charge in [-0.3, -0.25) is 0 Å². The molecule has 104 valence electrons. The molecular weight excluding hydrogens is 246 g/mol. The van der Waals surface area contributed by atoms with E-state index in [1.807, 2.05) is 6.92 Å². The molecule has 0 saturated heterocycles. The van der Waals surface area contributed by atoms with E-state index in [2.05, 4.69) is 10.1 Å². The third-order valence-electron chi connectivity index (χ3n) is 2.26. The summed E-state index contributed by atoms with van der Waals surface area (Å²) >= 11 is 0. The van der Waals surface area contributed by atoms with Crippen LogP contribution >= 0.6 is 0 Å². The third kappa shape index (κ3) is 6.02. The first-order valence-corrected chi connectivity index (χ1v) is 5.97. The Balaban J connectivity index is 2.25. The number of aliphatic hydroxyl groups is 1. The van der Waals surface area contributed by atoms with Crippen molar-refractivity contribution in [2.45, 2.75) is 45.1 Å². The van der Waals surface area contributed by atoms with Crippen molar-refractivity contribution in [2.75, 3.05) is 13.2 Å². The molecule has 1 unspecified atom stereocenters. The van der Waals surface area contributed by atoms with E-state index in [1.54, 1.807) is 0 Å². The molecule has 1 heterocycles. The lowest BCUT2D eigenvalue weighted by Gasteiger charge is -2.03. The topological polar surface area (TPSA) is 68.4 Å². The first-order valence-electron chi connectivity index (χ1n) is 5.97. The zero-order valence-electron chi connectivity index (χ0n) is 10.3. The third-order valence-corrected chi connectivity index (χ3v) is 2.26. The van der Waals surface area contributed by atoms with Gasteiger partial charge in [0, 0.05) is 6.42 Å². The predicted octanol–water partition coefficient (Wildman–Crippen LogP) is 1.60. The van der Waals surface area contributed by atoms with E-state index in [4.69, 9.17) is 9.26 Å². The molecule has 0 bridgehead atoms. The van der Waals surface area contributed by atoms with Crippen LogP contribution in [-0.2, 0) is 17.6 Å². The van der Waals surface area contributed by atoms with Crippen LogP contribution in [0.25, 0.3) is 0 Å². The maximum atomic E-state index is 11.8. The van der Waals surface area contributed by atoms with Crippen molar-refractivity contribution in [1.82, 2.24) is 10.1 Å². The van der Waals surface area contributed by atoms with Crippen LogP contribution in [0.5, 0.6) is 0 Å². The van der Waals surface area contributed by atoms with Crippen molar-refractivity contribution < 1.29 is 23.1 Å². The molecule has 0 amide bonds. The fourth-order valence-electron chi connectivity index (χ4n) is 1.45. The second-order valence-electron chi connectivity index (χ2n) is 3.97. The van der Waals surface area contributed by atoms with Crippen LogP contribution in [0.4, 0.5) is 8.78 Å². The predicted molar refractivity (Wildman–Crippen MR) is 59.4 cm³/mol. The monoisotopic (exact) mass is 264 g/mol. The fraction of sp³-hybridized carbons (Fsp3) is 0.818. The average Bonchev–Trinajstić information content (AvgIpc) is 2.72. The van der Waals surface area contributed by atoms with Gasteiger partial charge in [-0.05, 0) is 6.42 Å². The lowest BCUT2D eigenvalue weighted by atomic mass is 10.1. The number of hydrogen-bond donors (Lipinski definition) is 1. The molecule has 0 spiro atoms. The summed E-state index contributed by atoms with van der Waals surface area (Å²) in [5.74, 6) is 0.766. The van der Waals surface area contributed by atoms with Crippen molar-refractivity contribution >= 4 is 0 Å². The van der Waals surface area contributed by atoms with Gasteiger partial charge in [0.25, 0.3) is 6.43 Å². The molecule has 1 atom stereocenters. The minimum atomic E-state index is -2.46. The van der Waals surface area contributed by atoms with E-state index in [0.717, 1.165) is 6.42 Å². The van der Waals surface area contributed by atoms with E-state index in [1.165, 1.54) is 0 Å². The number of rotatable bonds is 9. The quantitative estimate of drug-likeness (QED) is 0.686. The molecule has 0 fully saturated rings. The lowest BCUT2D eigenvalue weighted by Crippen LogP contribution is -2.10. The van der Waals surface area contributed by atoms with Crippen molar-refractivity contribution in [3.8, 4) is 0 Å². The molecule has 0 radical (unpaired) electrons. The lowest BCUT2D eigenvalue weighted by molar-refractivity contribution is 0.0182. The normalized spacial score (nSPS) is 13.2. The molecule has 0 aliphatic rings. The Hall–Kier alpha value is -1.08. The Morgan fingerprint density at radius 1 is 1.44 bits per heavy atom. The summed E-state index contributed by atoms with van der Waals surface area (Å²) in [7, 11) is 0. The van der Waals surface area contributed by atoms with Gasteiger partial charge in [-0.1, -0.05) is 18.5 Å². The molecule has 7 heteroatoms. The number of aromatic nitrogens is 2. The van der Waals surface area contributed by atoms with Crippen LogP contribution in [0.3, 0.4) is 0 Å². The van der Waals surface area contributed by atoms with Crippen LogP contribution in [0, 0.1) is 0 Å². The Bertz CT molecular complexity index is 334. The summed E-state index contributed by atoms with van der Waals surface area (Å²) in [5.41, 5.74) is 0. The SMILES string of the molecule is CCCC(O)Cc1nc(CCOCC(F)F)no1. The van der Waals surface area contributed by atoms with Crippen molar-refractivity contribution in [2.24, 2.45) is 0 Å². The summed E-state index contributed by atoms with van der Waals surface area (Å²) in [6.45, 7) is 1.52. The van der Waals surface area contributed by atoms with Crippen LogP contribution < -0.4 is 0 Å². The second-order valence-corrected chi connectivity index (χ2v) is 3.97. The summed E-state index contributed by atoms with van der Waals surface area (Å²) in [4.78, 5) is 4.04. The highest BCUT2D eigenvalue weighted by atomic mass is 19.3. The van der Waals surface area contributed by atoms with E-state index < -0.39 is 19.1 Å². The van der Waals surface area contributed by atoms with Gasteiger partial charge in [-0.2, -0.15) is 4.98 Å². The van der Waals surface area contributed by atoms with Crippen LogP contribution in [0.2, 0.25) is 0 Å². The molecule has 1 rings (SSSR count). The van der Waals surface area contributed by atoms with Gasteiger partial charge in [0.2, 0.25) is 5.89 Å². The molecule has 0 aromatic carbocycles. The zero-order valence-corrected chi connectivity index (χ0v) is 10.3. The Labute approximate surface area is 104 Å². The highest BCUT2D eigenvalue weighted by Crippen LogP contribution is 2.06. The molecule has 1 aromatic rings. The first kappa shape index (κ1) is 15.0. The summed E-state index contributed by atoms with van der Waals surface area (Å²) in [6.07, 6.45) is -0.758. The molecule has 0 aliphatic carbocycles. The largest absolute Gasteiger partial charge is 0.393 e. The molecule has 1 aromatic heterocycles.